The Balaban J connectivity index is 1.40. The molecule has 0 radical (unpaired) electrons. The van der Waals surface area contributed by atoms with Crippen LogP contribution in [0.15, 0.2) is 72.9 Å². The van der Waals surface area contributed by atoms with E-state index in [2.05, 4.69) is 20.4 Å². The van der Waals surface area contributed by atoms with Crippen LogP contribution in [-0.2, 0) is 28.0 Å². The van der Waals surface area contributed by atoms with Gasteiger partial charge in [0.2, 0.25) is 15.9 Å². The minimum Gasteiger partial charge on any atom is -0.487 e. The van der Waals surface area contributed by atoms with Crippen molar-refractivity contribution in [1.29, 1.82) is 0 Å². The molecule has 0 bridgehead atoms. The zero-order valence-corrected chi connectivity index (χ0v) is 21.6. The monoisotopic (exact) mass is 541 g/mol. The van der Waals surface area contributed by atoms with E-state index in [9.17, 15) is 13.2 Å². The number of nitrogens with zero attached hydrogens (tertiary/aromatic N) is 3. The van der Waals surface area contributed by atoms with Gasteiger partial charge in [-0.15, -0.1) is 5.10 Å². The Labute approximate surface area is 219 Å². The summed E-state index contributed by atoms with van der Waals surface area (Å²) in [5.41, 5.74) is 2.10. The minimum atomic E-state index is -3.54. The van der Waals surface area contributed by atoms with Crippen molar-refractivity contribution in [3.05, 3.63) is 89.2 Å². The number of benzene rings is 3. The fraction of sp³-hybridized carbons (Fsp3) is 0.160. The number of para-hydroxylation sites is 1. The van der Waals surface area contributed by atoms with Crippen molar-refractivity contribution < 1.29 is 22.7 Å². The van der Waals surface area contributed by atoms with E-state index in [4.69, 9.17) is 21.1 Å². The Hall–Kier alpha value is -4.09. The van der Waals surface area contributed by atoms with E-state index < -0.39 is 10.0 Å². The SMILES string of the molecule is Cc1cc(OCc2cn(CC(=O)Nc3ccc(NS(C)(=O)=O)c(Oc4ccccc4)c3)nn2)ccc1Cl. The Morgan fingerprint density at radius 2 is 1.84 bits per heavy atom. The van der Waals surface area contributed by atoms with Gasteiger partial charge < -0.3 is 14.8 Å². The summed E-state index contributed by atoms with van der Waals surface area (Å²) in [6.45, 7) is 1.97. The van der Waals surface area contributed by atoms with Gasteiger partial charge in [-0.2, -0.15) is 0 Å². The van der Waals surface area contributed by atoms with Gasteiger partial charge in [-0.3, -0.25) is 9.52 Å². The van der Waals surface area contributed by atoms with Gasteiger partial charge in [0, 0.05) is 16.8 Å². The first-order chi connectivity index (χ1) is 17.6. The number of rotatable bonds is 10. The first kappa shape index (κ1) is 26.0. The first-order valence-electron chi connectivity index (χ1n) is 11.1. The molecule has 10 nitrogen and oxygen atoms in total. The maximum atomic E-state index is 12.6. The molecule has 4 aromatic rings. The second kappa shape index (κ2) is 11.3. The average Bonchev–Trinajstić information content (AvgIpc) is 3.28. The number of carbonyl (C=O) groups excluding carboxylic acids is 1. The van der Waals surface area contributed by atoms with Crippen LogP contribution in [0, 0.1) is 6.92 Å². The van der Waals surface area contributed by atoms with Gasteiger partial charge in [0.25, 0.3) is 0 Å². The van der Waals surface area contributed by atoms with E-state index in [0.717, 1.165) is 11.8 Å². The predicted octanol–water partition coefficient (Wildman–Crippen LogP) is 4.62. The van der Waals surface area contributed by atoms with Crippen molar-refractivity contribution >= 4 is 38.9 Å². The molecule has 0 spiro atoms. The highest BCUT2D eigenvalue weighted by molar-refractivity contribution is 7.92. The molecule has 0 aliphatic heterocycles. The lowest BCUT2D eigenvalue weighted by Gasteiger charge is -2.14. The van der Waals surface area contributed by atoms with Gasteiger partial charge in [0.1, 0.15) is 30.3 Å². The van der Waals surface area contributed by atoms with E-state index in [1.807, 2.05) is 19.1 Å². The molecule has 0 atom stereocenters. The topological polar surface area (TPSA) is 124 Å². The summed E-state index contributed by atoms with van der Waals surface area (Å²) in [5, 5.41) is 11.4. The van der Waals surface area contributed by atoms with Gasteiger partial charge in [-0.05, 0) is 55.0 Å². The number of amides is 1. The zero-order chi connectivity index (χ0) is 26.4. The predicted molar refractivity (Wildman–Crippen MR) is 141 cm³/mol. The number of nitrogens with one attached hydrogen (secondary N) is 2. The third-order valence-electron chi connectivity index (χ3n) is 4.94. The van der Waals surface area contributed by atoms with Crippen LogP contribution in [0.2, 0.25) is 5.02 Å². The van der Waals surface area contributed by atoms with Crippen LogP contribution < -0.4 is 19.5 Å². The number of sulfonamides is 1. The summed E-state index contributed by atoms with van der Waals surface area (Å²) in [4.78, 5) is 12.6. The zero-order valence-electron chi connectivity index (χ0n) is 20.0. The molecule has 1 heterocycles. The van der Waals surface area contributed by atoms with Gasteiger partial charge in [0.15, 0.2) is 5.75 Å². The van der Waals surface area contributed by atoms with Gasteiger partial charge in [-0.25, -0.2) is 13.1 Å². The smallest absolute Gasteiger partial charge is 0.246 e. The summed E-state index contributed by atoms with van der Waals surface area (Å²) < 4.78 is 38.9. The molecule has 0 saturated carbocycles. The lowest BCUT2D eigenvalue weighted by atomic mass is 10.2. The highest BCUT2D eigenvalue weighted by Gasteiger charge is 2.13. The minimum absolute atomic E-state index is 0.0920. The number of carbonyl (C=O) groups is 1. The standard InChI is InChI=1S/C25H24ClN5O5S/c1-17-12-21(9-10-22(17)26)35-16-19-14-31(30-28-19)15-25(32)27-18-8-11-23(29-37(2,33)34)24(13-18)36-20-6-4-3-5-7-20/h3-14,29H,15-16H2,1-2H3,(H,27,32). The van der Waals surface area contributed by atoms with Crippen molar-refractivity contribution in [3.8, 4) is 17.2 Å². The van der Waals surface area contributed by atoms with Crippen molar-refractivity contribution in [3.63, 3.8) is 0 Å². The number of aromatic nitrogens is 3. The Bertz CT molecular complexity index is 1510. The highest BCUT2D eigenvalue weighted by atomic mass is 35.5. The van der Waals surface area contributed by atoms with Crippen molar-refractivity contribution in [1.82, 2.24) is 15.0 Å². The van der Waals surface area contributed by atoms with Crippen molar-refractivity contribution in [2.45, 2.75) is 20.1 Å². The normalized spacial score (nSPS) is 11.1. The average molecular weight is 542 g/mol. The lowest BCUT2D eigenvalue weighted by molar-refractivity contribution is -0.116. The summed E-state index contributed by atoms with van der Waals surface area (Å²) in [6.07, 6.45) is 2.66. The Kier molecular flexibility index (Phi) is 7.95. The number of hydrogen-bond acceptors (Lipinski definition) is 7. The van der Waals surface area contributed by atoms with Crippen LogP contribution in [0.1, 0.15) is 11.3 Å². The fourth-order valence-electron chi connectivity index (χ4n) is 3.28. The van der Waals surface area contributed by atoms with Crippen LogP contribution >= 0.6 is 11.6 Å². The fourth-order valence-corrected chi connectivity index (χ4v) is 3.96. The molecule has 0 aliphatic carbocycles. The third kappa shape index (κ3) is 7.69. The van der Waals surface area contributed by atoms with Crippen molar-refractivity contribution in [2.24, 2.45) is 0 Å². The van der Waals surface area contributed by atoms with E-state index in [1.54, 1.807) is 48.7 Å². The maximum Gasteiger partial charge on any atom is 0.246 e. The van der Waals surface area contributed by atoms with E-state index in [0.29, 0.717) is 27.9 Å². The molecule has 3 aromatic carbocycles. The van der Waals surface area contributed by atoms with Gasteiger partial charge in [0.05, 0.1) is 18.1 Å². The molecule has 0 fully saturated rings. The Morgan fingerprint density at radius 3 is 2.57 bits per heavy atom. The summed E-state index contributed by atoms with van der Waals surface area (Å²) in [5.74, 6) is 1.03. The Morgan fingerprint density at radius 1 is 1.05 bits per heavy atom. The molecule has 4 rings (SSSR count). The number of halogens is 1. The van der Waals surface area contributed by atoms with Crippen LogP contribution in [0.5, 0.6) is 17.2 Å². The van der Waals surface area contributed by atoms with Crippen molar-refractivity contribution in [2.75, 3.05) is 16.3 Å². The quantitative estimate of drug-likeness (QED) is 0.300. The number of hydrogen-bond donors (Lipinski definition) is 2. The second-order valence-electron chi connectivity index (χ2n) is 8.16. The van der Waals surface area contributed by atoms with E-state index in [-0.39, 0.29) is 30.5 Å². The van der Waals surface area contributed by atoms with Crippen LogP contribution in [-0.4, -0.2) is 35.6 Å². The molecule has 37 heavy (non-hydrogen) atoms. The molecule has 0 saturated heterocycles. The number of ether oxygens (including phenoxy) is 2. The van der Waals surface area contributed by atoms with Crippen LogP contribution in [0.25, 0.3) is 0 Å². The molecule has 1 aromatic heterocycles. The van der Waals surface area contributed by atoms with Crippen LogP contribution in [0.4, 0.5) is 11.4 Å². The molecule has 0 aliphatic rings. The second-order valence-corrected chi connectivity index (χ2v) is 10.3. The van der Waals surface area contributed by atoms with Crippen LogP contribution in [0.3, 0.4) is 0 Å². The largest absolute Gasteiger partial charge is 0.487 e. The molecule has 1 amide bonds. The highest BCUT2D eigenvalue weighted by Crippen LogP contribution is 2.33. The lowest BCUT2D eigenvalue weighted by Crippen LogP contribution is -2.19. The third-order valence-corrected chi connectivity index (χ3v) is 5.95. The van der Waals surface area contributed by atoms with Gasteiger partial charge >= 0.3 is 0 Å². The number of aryl methyl sites for hydroxylation is 1. The van der Waals surface area contributed by atoms with E-state index >= 15 is 0 Å². The summed E-state index contributed by atoms with van der Waals surface area (Å²) in [6, 6.07) is 18.8. The summed E-state index contributed by atoms with van der Waals surface area (Å²) in [7, 11) is -3.54. The molecular formula is C25H24ClN5O5S. The molecule has 0 unspecified atom stereocenters. The molecule has 2 N–H and O–H groups in total. The summed E-state index contributed by atoms with van der Waals surface area (Å²) >= 11 is 6.03. The van der Waals surface area contributed by atoms with E-state index in [1.165, 1.54) is 16.8 Å². The number of anilines is 2. The van der Waals surface area contributed by atoms with Gasteiger partial charge in [-0.1, -0.05) is 35.0 Å². The molecule has 192 valence electrons. The maximum absolute atomic E-state index is 12.6. The molecular weight excluding hydrogens is 518 g/mol. The molecule has 12 heteroatoms. The first-order valence-corrected chi connectivity index (χ1v) is 13.3.